The Morgan fingerprint density at radius 1 is 1.05 bits per heavy atom. The molecule has 1 aromatic heterocycles. The molecule has 0 bridgehead atoms. The molecule has 12 nitrogen and oxygen atoms in total. The van der Waals surface area contributed by atoms with Crippen LogP contribution >= 0.6 is 0 Å². The number of oxazole rings is 1. The molecule has 0 saturated heterocycles. The monoisotopic (exact) mass is 567 g/mol. The number of amides is 3. The van der Waals surface area contributed by atoms with Crippen LogP contribution in [0.2, 0.25) is 0 Å². The third-order valence-corrected chi connectivity index (χ3v) is 6.45. The highest BCUT2D eigenvalue weighted by atomic mass is 16.6. The lowest BCUT2D eigenvalue weighted by molar-refractivity contribution is -0.149. The maximum absolute atomic E-state index is 12.6. The highest BCUT2D eigenvalue weighted by Gasteiger charge is 2.23. The summed E-state index contributed by atoms with van der Waals surface area (Å²) in [6.07, 6.45) is 2.85. The van der Waals surface area contributed by atoms with Gasteiger partial charge in [-0.05, 0) is 42.2 Å². The largest absolute Gasteiger partial charge is 0.496 e. The number of urea groups is 1. The number of alkyl carbamates (subject to hydrolysis) is 1. The van der Waals surface area contributed by atoms with E-state index in [2.05, 4.69) is 20.9 Å². The molecule has 0 spiro atoms. The molecule has 5 N–H and O–H groups in total. The lowest BCUT2D eigenvalue weighted by atomic mass is 10.0. The van der Waals surface area contributed by atoms with Crippen molar-refractivity contribution in [3.63, 3.8) is 0 Å². The average molecular weight is 568 g/mol. The van der Waals surface area contributed by atoms with Gasteiger partial charge in [0.2, 0.25) is 0 Å². The van der Waals surface area contributed by atoms with Crippen molar-refractivity contribution in [1.82, 2.24) is 10.3 Å². The molecule has 0 fully saturated rings. The van der Waals surface area contributed by atoms with Gasteiger partial charge in [0.15, 0.2) is 12.2 Å². The number of carbonyl (C=O) groups excluding carboxylic acids is 3. The predicted octanol–water partition coefficient (Wildman–Crippen LogP) is 4.92. The molecule has 12 heteroatoms. The second-order valence-corrected chi connectivity index (χ2v) is 9.39. The number of methoxy groups -OCH3 is 1. The highest BCUT2D eigenvalue weighted by Crippen LogP contribution is 2.32. The van der Waals surface area contributed by atoms with Gasteiger partial charge in [0.05, 0.1) is 18.9 Å². The van der Waals surface area contributed by atoms with Crippen molar-refractivity contribution >= 4 is 29.5 Å². The molecule has 0 aliphatic rings. The van der Waals surface area contributed by atoms with E-state index in [0.717, 1.165) is 12.0 Å². The molecule has 220 valence electrons. The zero-order valence-corrected chi connectivity index (χ0v) is 23.6. The van der Waals surface area contributed by atoms with Gasteiger partial charge in [0.1, 0.15) is 24.5 Å². The Hall–Kier alpha value is -4.58. The van der Waals surface area contributed by atoms with Crippen molar-refractivity contribution in [2.45, 2.75) is 52.3 Å². The van der Waals surface area contributed by atoms with Gasteiger partial charge in [-0.3, -0.25) is 4.79 Å². The molecule has 3 aromatic rings. The summed E-state index contributed by atoms with van der Waals surface area (Å²) in [5.74, 6) is 0.530. The van der Waals surface area contributed by atoms with Crippen LogP contribution in [-0.4, -0.2) is 48.9 Å². The fourth-order valence-corrected chi connectivity index (χ4v) is 3.73. The number of carbonyl (C=O) groups is 3. The fraction of sp³-hybridized carbons (Fsp3) is 0.379. The molecule has 2 aromatic carbocycles. The number of nitrogens with zero attached hydrogens (tertiary/aromatic N) is 1. The van der Waals surface area contributed by atoms with Crippen LogP contribution in [0.1, 0.15) is 39.2 Å². The maximum atomic E-state index is 12.6. The summed E-state index contributed by atoms with van der Waals surface area (Å²) in [6, 6.07) is 11.0. The number of nitrogens with two attached hydrogens (primary N) is 1. The van der Waals surface area contributed by atoms with Crippen LogP contribution in [0.15, 0.2) is 59.5 Å². The van der Waals surface area contributed by atoms with Crippen LogP contribution in [0.5, 0.6) is 5.75 Å². The summed E-state index contributed by atoms with van der Waals surface area (Å²) in [4.78, 5) is 41.0. The second-order valence-electron chi connectivity index (χ2n) is 9.39. The molecule has 1 heterocycles. The molecule has 41 heavy (non-hydrogen) atoms. The Kier molecular flexibility index (Phi) is 11.5. The third kappa shape index (κ3) is 9.24. The summed E-state index contributed by atoms with van der Waals surface area (Å²) in [5, 5.41) is 8.20. The zero-order chi connectivity index (χ0) is 29.8. The molecule has 0 radical (unpaired) electrons. The molecular formula is C29H37N5O7. The first-order valence-electron chi connectivity index (χ1n) is 13.3. The minimum absolute atomic E-state index is 0.0102. The van der Waals surface area contributed by atoms with E-state index in [-0.39, 0.29) is 19.1 Å². The van der Waals surface area contributed by atoms with E-state index in [1.807, 2.05) is 20.8 Å². The van der Waals surface area contributed by atoms with E-state index >= 15 is 0 Å². The van der Waals surface area contributed by atoms with Crippen molar-refractivity contribution in [2.24, 2.45) is 11.7 Å². The quantitative estimate of drug-likeness (QED) is 0.210. The summed E-state index contributed by atoms with van der Waals surface area (Å²) in [6.45, 7) is 5.73. The molecular weight excluding hydrogens is 530 g/mol. The number of aromatic nitrogens is 1. The molecule has 3 rings (SSSR count). The standard InChI is InChI=1S/C29H37N5O7/c1-5-18(3)26(30)27(35)39-16-22(6-2)41-29(37)32-14-19-8-7-9-20(12-19)33-28(36)34-21-10-11-23(24(13-21)38-4)25-15-31-17-40-25/h7-13,15,17-18,22,26H,5-6,14,16,30H2,1-4H3,(H,32,37)(H2,33,34,36)/t18?,22-,26-/m1/s1. The van der Waals surface area contributed by atoms with E-state index < -0.39 is 30.2 Å². The number of hydrogen-bond donors (Lipinski definition) is 4. The van der Waals surface area contributed by atoms with Crippen molar-refractivity contribution < 1.29 is 33.0 Å². The SMILES string of the molecule is CCC(C)[C@@H](N)C(=O)OC[C@@H](CC)OC(=O)NCc1cccc(NC(=O)Nc2ccc(-c3cnco3)c(OC)c2)c1. The van der Waals surface area contributed by atoms with Crippen molar-refractivity contribution in [1.29, 1.82) is 0 Å². The van der Waals surface area contributed by atoms with Crippen LogP contribution in [0, 0.1) is 5.92 Å². The normalized spacial score (nSPS) is 12.9. The summed E-state index contributed by atoms with van der Waals surface area (Å²) in [5.41, 5.74) is 8.37. The number of hydrogen-bond acceptors (Lipinski definition) is 9. The van der Waals surface area contributed by atoms with E-state index in [1.165, 1.54) is 13.5 Å². The first-order chi connectivity index (χ1) is 19.7. The minimum atomic E-state index is -0.720. The third-order valence-electron chi connectivity index (χ3n) is 6.45. The van der Waals surface area contributed by atoms with E-state index in [9.17, 15) is 14.4 Å². The minimum Gasteiger partial charge on any atom is -0.496 e. The Morgan fingerprint density at radius 2 is 1.80 bits per heavy atom. The van der Waals surface area contributed by atoms with Crippen LogP contribution in [0.25, 0.3) is 11.3 Å². The number of nitrogens with one attached hydrogen (secondary N) is 3. The van der Waals surface area contributed by atoms with Crippen molar-refractivity contribution in [2.75, 3.05) is 24.4 Å². The molecule has 0 saturated carbocycles. The van der Waals surface area contributed by atoms with Gasteiger partial charge in [0, 0.05) is 24.0 Å². The molecule has 0 aliphatic carbocycles. The van der Waals surface area contributed by atoms with Gasteiger partial charge < -0.3 is 40.3 Å². The van der Waals surface area contributed by atoms with E-state index in [4.69, 9.17) is 24.4 Å². The van der Waals surface area contributed by atoms with Gasteiger partial charge in [-0.15, -0.1) is 0 Å². The lowest BCUT2D eigenvalue weighted by Gasteiger charge is -2.20. The fourth-order valence-electron chi connectivity index (χ4n) is 3.73. The lowest BCUT2D eigenvalue weighted by Crippen LogP contribution is -2.40. The highest BCUT2D eigenvalue weighted by molar-refractivity contribution is 6.00. The van der Waals surface area contributed by atoms with Gasteiger partial charge in [-0.1, -0.05) is 39.3 Å². The van der Waals surface area contributed by atoms with Crippen molar-refractivity contribution in [3.05, 3.63) is 60.6 Å². The average Bonchev–Trinajstić information content (AvgIpc) is 3.52. The number of esters is 1. The van der Waals surface area contributed by atoms with Crippen LogP contribution in [0.4, 0.5) is 21.0 Å². The molecule has 0 aliphatic heterocycles. The zero-order valence-electron chi connectivity index (χ0n) is 23.6. The predicted molar refractivity (Wildman–Crippen MR) is 153 cm³/mol. The van der Waals surface area contributed by atoms with Crippen LogP contribution in [0.3, 0.4) is 0 Å². The molecule has 3 atom stereocenters. The first kappa shape index (κ1) is 31.0. The Labute approximate surface area is 238 Å². The maximum Gasteiger partial charge on any atom is 0.407 e. The first-order valence-corrected chi connectivity index (χ1v) is 13.3. The Balaban J connectivity index is 1.48. The summed E-state index contributed by atoms with van der Waals surface area (Å²) in [7, 11) is 1.52. The summed E-state index contributed by atoms with van der Waals surface area (Å²) >= 11 is 0. The van der Waals surface area contributed by atoms with Crippen molar-refractivity contribution in [3.8, 4) is 17.1 Å². The topological polar surface area (TPSA) is 167 Å². The number of anilines is 2. The second kappa shape index (κ2) is 15.3. The van der Waals surface area contributed by atoms with Crippen LogP contribution in [-0.2, 0) is 20.8 Å². The summed E-state index contributed by atoms with van der Waals surface area (Å²) < 4.78 is 21.4. The molecule has 3 amide bonds. The van der Waals surface area contributed by atoms with Gasteiger partial charge in [-0.25, -0.2) is 14.6 Å². The Morgan fingerprint density at radius 3 is 2.46 bits per heavy atom. The van der Waals surface area contributed by atoms with E-state index in [1.54, 1.807) is 48.7 Å². The number of ether oxygens (including phenoxy) is 3. The van der Waals surface area contributed by atoms with Gasteiger partial charge in [-0.2, -0.15) is 0 Å². The number of rotatable bonds is 13. The van der Waals surface area contributed by atoms with Crippen LogP contribution < -0.4 is 26.4 Å². The van der Waals surface area contributed by atoms with E-state index in [0.29, 0.717) is 34.9 Å². The smallest absolute Gasteiger partial charge is 0.407 e. The Bertz CT molecular complexity index is 1300. The van der Waals surface area contributed by atoms with Gasteiger partial charge >= 0.3 is 18.1 Å². The number of benzene rings is 2. The van der Waals surface area contributed by atoms with Gasteiger partial charge in [0.25, 0.3) is 0 Å². The molecule has 1 unspecified atom stereocenters.